The zero-order valence-electron chi connectivity index (χ0n) is 13.0. The maximum atomic E-state index is 12.6. The molecule has 1 fully saturated rings. The first-order valence-electron chi connectivity index (χ1n) is 8.03. The van der Waals surface area contributed by atoms with Crippen LogP contribution in [0.3, 0.4) is 0 Å². The minimum absolute atomic E-state index is 0.0209. The van der Waals surface area contributed by atoms with E-state index in [2.05, 4.69) is 4.99 Å². The van der Waals surface area contributed by atoms with Gasteiger partial charge in [-0.25, -0.2) is 0 Å². The number of hydrogen-bond donors (Lipinski definition) is 0. The molecule has 2 aromatic carbocycles. The van der Waals surface area contributed by atoms with E-state index < -0.39 is 0 Å². The second-order valence-electron chi connectivity index (χ2n) is 6.25. The molecule has 2 aliphatic rings. The van der Waals surface area contributed by atoms with Crippen LogP contribution in [0.15, 0.2) is 47.5 Å². The molecule has 0 spiro atoms. The molecule has 122 valence electrons. The molecular weight excluding hydrogens is 343 g/mol. The molecule has 0 bridgehead atoms. The highest BCUT2D eigenvalue weighted by Gasteiger charge is 2.31. The van der Waals surface area contributed by atoms with Crippen LogP contribution in [0.25, 0.3) is 0 Å². The summed E-state index contributed by atoms with van der Waals surface area (Å²) in [5.41, 5.74) is 3.28. The Balaban J connectivity index is 1.87. The van der Waals surface area contributed by atoms with Crippen molar-refractivity contribution in [1.82, 2.24) is 0 Å². The van der Waals surface area contributed by atoms with Crippen molar-refractivity contribution in [2.24, 2.45) is 10.9 Å². The van der Waals surface area contributed by atoms with Crippen LogP contribution in [0.4, 0.5) is 5.69 Å². The molecule has 0 aromatic heterocycles. The maximum absolute atomic E-state index is 12.6. The fourth-order valence-corrected chi connectivity index (χ4v) is 3.42. The molecule has 0 radical (unpaired) electrons. The Morgan fingerprint density at radius 1 is 1.08 bits per heavy atom. The fraction of sp³-hybridized carbons (Fsp3) is 0.263. The zero-order valence-corrected chi connectivity index (χ0v) is 14.5. The van der Waals surface area contributed by atoms with Gasteiger partial charge in [-0.15, -0.1) is 0 Å². The number of amides is 1. The number of halogens is 2. The van der Waals surface area contributed by atoms with Crippen LogP contribution in [0.2, 0.25) is 10.0 Å². The first-order valence-corrected chi connectivity index (χ1v) is 8.78. The Bertz CT molecular complexity index is 843. The summed E-state index contributed by atoms with van der Waals surface area (Å²) in [6.45, 7) is 0.873. The summed E-state index contributed by atoms with van der Waals surface area (Å²) in [5, 5.41) is 1.24. The average molecular weight is 359 g/mol. The van der Waals surface area contributed by atoms with Gasteiger partial charge in [-0.2, -0.15) is 0 Å². The van der Waals surface area contributed by atoms with E-state index in [1.54, 1.807) is 0 Å². The molecule has 1 aliphatic carbocycles. The SMILES string of the molecule is O=C1CN=C(c2ccccc2Cl)c2cc(Cl)ccc2N1CC1CC1. The third kappa shape index (κ3) is 2.94. The van der Waals surface area contributed by atoms with E-state index >= 15 is 0 Å². The molecule has 2 aromatic rings. The van der Waals surface area contributed by atoms with Gasteiger partial charge in [-0.1, -0.05) is 41.4 Å². The highest BCUT2D eigenvalue weighted by Crippen LogP contribution is 2.36. The third-order valence-electron chi connectivity index (χ3n) is 4.44. The normalized spacial score (nSPS) is 17.3. The number of fused-ring (bicyclic) bond motifs is 1. The van der Waals surface area contributed by atoms with Crippen LogP contribution in [-0.4, -0.2) is 24.7 Å². The van der Waals surface area contributed by atoms with Crippen molar-refractivity contribution in [3.05, 3.63) is 63.6 Å². The Hall–Kier alpha value is -1.84. The van der Waals surface area contributed by atoms with Gasteiger partial charge in [0.1, 0.15) is 6.54 Å². The minimum Gasteiger partial charge on any atom is -0.310 e. The second-order valence-corrected chi connectivity index (χ2v) is 7.10. The van der Waals surface area contributed by atoms with Gasteiger partial charge in [-0.3, -0.25) is 9.79 Å². The summed E-state index contributed by atoms with van der Waals surface area (Å²) >= 11 is 12.6. The average Bonchev–Trinajstić information content (AvgIpc) is 3.39. The smallest absolute Gasteiger partial charge is 0.248 e. The summed E-state index contributed by atoms with van der Waals surface area (Å²) in [6, 6.07) is 13.2. The summed E-state index contributed by atoms with van der Waals surface area (Å²) in [6.07, 6.45) is 2.37. The Morgan fingerprint density at radius 3 is 2.62 bits per heavy atom. The lowest BCUT2D eigenvalue weighted by molar-refractivity contribution is -0.117. The van der Waals surface area contributed by atoms with Gasteiger partial charge < -0.3 is 4.90 Å². The van der Waals surface area contributed by atoms with E-state index in [4.69, 9.17) is 23.2 Å². The number of rotatable bonds is 3. The van der Waals surface area contributed by atoms with Crippen molar-refractivity contribution >= 4 is 40.5 Å². The third-order valence-corrected chi connectivity index (χ3v) is 5.01. The molecule has 0 atom stereocenters. The largest absolute Gasteiger partial charge is 0.310 e. The quantitative estimate of drug-likeness (QED) is 0.789. The Morgan fingerprint density at radius 2 is 1.88 bits per heavy atom. The van der Waals surface area contributed by atoms with Crippen molar-refractivity contribution in [3.63, 3.8) is 0 Å². The number of carbonyl (C=O) groups excluding carboxylic acids is 1. The number of carbonyl (C=O) groups is 1. The van der Waals surface area contributed by atoms with E-state index in [1.165, 1.54) is 12.8 Å². The molecule has 0 saturated heterocycles. The number of nitrogens with zero attached hydrogens (tertiary/aromatic N) is 2. The van der Waals surface area contributed by atoms with Crippen molar-refractivity contribution in [1.29, 1.82) is 0 Å². The van der Waals surface area contributed by atoms with E-state index in [-0.39, 0.29) is 12.5 Å². The molecule has 24 heavy (non-hydrogen) atoms. The molecule has 0 unspecified atom stereocenters. The highest BCUT2D eigenvalue weighted by molar-refractivity contribution is 6.36. The summed E-state index contributed by atoms with van der Waals surface area (Å²) in [7, 11) is 0. The van der Waals surface area contributed by atoms with E-state index in [9.17, 15) is 4.79 Å². The molecule has 3 nitrogen and oxygen atoms in total. The van der Waals surface area contributed by atoms with Gasteiger partial charge in [0.25, 0.3) is 0 Å². The van der Waals surface area contributed by atoms with Gasteiger partial charge >= 0.3 is 0 Å². The Kier molecular flexibility index (Phi) is 4.07. The molecule has 1 heterocycles. The molecule has 1 aliphatic heterocycles. The maximum Gasteiger partial charge on any atom is 0.248 e. The zero-order chi connectivity index (χ0) is 16.7. The number of benzene rings is 2. The molecule has 0 N–H and O–H groups in total. The van der Waals surface area contributed by atoms with Crippen molar-refractivity contribution in [3.8, 4) is 0 Å². The van der Waals surface area contributed by atoms with Gasteiger partial charge in [0.2, 0.25) is 5.91 Å². The molecule has 4 rings (SSSR count). The van der Waals surface area contributed by atoms with Gasteiger partial charge in [0.05, 0.1) is 11.4 Å². The van der Waals surface area contributed by atoms with Crippen LogP contribution in [0.1, 0.15) is 24.0 Å². The molecule has 1 amide bonds. The monoisotopic (exact) mass is 358 g/mol. The fourth-order valence-electron chi connectivity index (χ4n) is 3.03. The number of hydrogen-bond acceptors (Lipinski definition) is 2. The van der Waals surface area contributed by atoms with Crippen LogP contribution in [0, 0.1) is 5.92 Å². The van der Waals surface area contributed by atoms with Crippen molar-refractivity contribution in [2.45, 2.75) is 12.8 Å². The lowest BCUT2D eigenvalue weighted by atomic mass is 10.00. The van der Waals surface area contributed by atoms with Crippen LogP contribution < -0.4 is 4.90 Å². The molecular formula is C19H16Cl2N2O. The van der Waals surface area contributed by atoms with Crippen LogP contribution in [-0.2, 0) is 4.79 Å². The van der Waals surface area contributed by atoms with Crippen molar-refractivity contribution in [2.75, 3.05) is 18.0 Å². The van der Waals surface area contributed by atoms with Gasteiger partial charge in [0.15, 0.2) is 0 Å². The minimum atomic E-state index is 0.0209. The number of aliphatic imine (C=N–C) groups is 1. The van der Waals surface area contributed by atoms with E-state index in [0.29, 0.717) is 16.0 Å². The molecule has 1 saturated carbocycles. The summed E-state index contributed by atoms with van der Waals surface area (Å²) in [4.78, 5) is 19.1. The van der Waals surface area contributed by atoms with Gasteiger partial charge in [-0.05, 0) is 43.0 Å². The standard InChI is InChI=1S/C19H16Cl2N2O/c20-13-7-8-17-15(9-13)19(14-3-1-2-4-16(14)21)22-10-18(24)23(17)11-12-5-6-12/h1-4,7-9,12H,5-6,10-11H2. The topological polar surface area (TPSA) is 32.7 Å². The van der Waals surface area contributed by atoms with E-state index in [0.717, 1.165) is 29.1 Å². The van der Waals surface area contributed by atoms with E-state index in [1.807, 2.05) is 47.4 Å². The molecule has 5 heteroatoms. The lowest BCUT2D eigenvalue weighted by Crippen LogP contribution is -2.34. The number of benzodiazepines with no additional fused rings is 1. The predicted molar refractivity (Wildman–Crippen MR) is 98.5 cm³/mol. The predicted octanol–water partition coefficient (Wildman–Crippen LogP) is 4.59. The first-order chi connectivity index (χ1) is 11.6. The first kappa shape index (κ1) is 15.7. The summed E-state index contributed by atoms with van der Waals surface area (Å²) in [5.74, 6) is 0.617. The Labute approximate surface area is 150 Å². The van der Waals surface area contributed by atoms with Gasteiger partial charge in [0, 0.05) is 27.7 Å². The van der Waals surface area contributed by atoms with Crippen LogP contribution in [0.5, 0.6) is 0 Å². The lowest BCUT2D eigenvalue weighted by Gasteiger charge is -2.23. The number of anilines is 1. The second kappa shape index (κ2) is 6.23. The highest BCUT2D eigenvalue weighted by atomic mass is 35.5. The summed E-state index contributed by atoms with van der Waals surface area (Å²) < 4.78 is 0. The van der Waals surface area contributed by atoms with Crippen molar-refractivity contribution < 1.29 is 4.79 Å². The van der Waals surface area contributed by atoms with Crippen LogP contribution >= 0.6 is 23.2 Å².